The molecular weight excluding hydrogens is 361 g/mol. The third-order valence-corrected chi connectivity index (χ3v) is 4.10. The summed E-state index contributed by atoms with van der Waals surface area (Å²) in [5, 5.41) is 3.06. The molecule has 0 atom stereocenters. The number of pyridine rings is 1. The normalized spacial score (nSPS) is 10.2. The predicted molar refractivity (Wildman–Crippen MR) is 105 cm³/mol. The van der Waals surface area contributed by atoms with E-state index in [-0.39, 0.29) is 36.3 Å². The number of rotatable bonds is 7. The molecule has 0 fully saturated rings. The number of aromatic nitrogens is 1. The number of nitrogens with zero attached hydrogens (tertiary/aromatic N) is 1. The van der Waals surface area contributed by atoms with Gasteiger partial charge in [0.25, 0.3) is 5.91 Å². The summed E-state index contributed by atoms with van der Waals surface area (Å²) in [5.74, 6) is 1.14. The van der Waals surface area contributed by atoms with Crippen molar-refractivity contribution in [2.75, 3.05) is 6.54 Å². The van der Waals surface area contributed by atoms with Crippen molar-refractivity contribution in [1.29, 1.82) is 0 Å². The van der Waals surface area contributed by atoms with E-state index in [1.165, 1.54) is 0 Å². The Morgan fingerprint density at radius 3 is 2.32 bits per heavy atom. The van der Waals surface area contributed by atoms with Crippen LogP contribution in [0.25, 0.3) is 0 Å². The summed E-state index contributed by atoms with van der Waals surface area (Å²) in [5.41, 5.74) is 6.03. The number of nitrogens with two attached hydrogens (primary N) is 1. The number of hydrogen-bond donors (Lipinski definition) is 2. The number of halogens is 2. The Labute approximate surface area is 161 Å². The highest BCUT2D eigenvalue weighted by Gasteiger charge is 2.26. The highest BCUT2D eigenvalue weighted by molar-refractivity contribution is 5.95. The van der Waals surface area contributed by atoms with E-state index in [1.807, 2.05) is 19.9 Å². The van der Waals surface area contributed by atoms with Crippen molar-refractivity contribution in [3.63, 3.8) is 0 Å². The van der Waals surface area contributed by atoms with Crippen LogP contribution in [-0.2, 0) is 0 Å². The van der Waals surface area contributed by atoms with Crippen LogP contribution in [0.3, 0.4) is 0 Å². The van der Waals surface area contributed by atoms with E-state index in [1.54, 1.807) is 42.7 Å². The fourth-order valence-electron chi connectivity index (χ4n) is 2.32. The molecule has 3 N–H and O–H groups in total. The molecule has 1 aromatic heterocycles. The minimum atomic E-state index is -0.362. The van der Waals surface area contributed by atoms with E-state index in [4.69, 9.17) is 10.5 Å². The largest absolute Gasteiger partial charge is 0.457 e. The fraction of sp³-hybridized carbons (Fsp3) is 0.333. The van der Waals surface area contributed by atoms with Gasteiger partial charge >= 0.3 is 0 Å². The fourth-order valence-corrected chi connectivity index (χ4v) is 2.32. The summed E-state index contributed by atoms with van der Waals surface area (Å²) < 4.78 is 5.73. The average Bonchev–Trinajstić information content (AvgIpc) is 2.61. The van der Waals surface area contributed by atoms with Crippen molar-refractivity contribution < 1.29 is 9.53 Å². The summed E-state index contributed by atoms with van der Waals surface area (Å²) in [6.45, 7) is 4.47. The molecule has 7 heteroatoms. The third-order valence-electron chi connectivity index (χ3n) is 4.10. The highest BCUT2D eigenvalue weighted by Crippen LogP contribution is 2.22. The van der Waals surface area contributed by atoms with Gasteiger partial charge in [0.05, 0.1) is 5.54 Å². The maximum Gasteiger partial charge on any atom is 0.251 e. The molecule has 138 valence electrons. The van der Waals surface area contributed by atoms with Gasteiger partial charge in [-0.05, 0) is 43.2 Å². The van der Waals surface area contributed by atoms with Crippen LogP contribution >= 0.6 is 24.8 Å². The lowest BCUT2D eigenvalue weighted by Crippen LogP contribution is -2.52. The molecule has 0 aliphatic carbocycles. The molecule has 0 spiro atoms. The molecule has 0 aliphatic heterocycles. The molecule has 1 amide bonds. The molecule has 0 unspecified atom stereocenters. The second kappa shape index (κ2) is 10.9. The lowest BCUT2D eigenvalue weighted by atomic mass is 9.92. The second-order valence-electron chi connectivity index (χ2n) is 5.46. The minimum Gasteiger partial charge on any atom is -0.457 e. The van der Waals surface area contributed by atoms with Crippen molar-refractivity contribution in [2.24, 2.45) is 5.73 Å². The van der Waals surface area contributed by atoms with Gasteiger partial charge in [-0.3, -0.25) is 9.78 Å². The van der Waals surface area contributed by atoms with E-state index in [0.717, 1.165) is 12.8 Å². The van der Waals surface area contributed by atoms with Crippen LogP contribution in [0.5, 0.6) is 11.5 Å². The van der Waals surface area contributed by atoms with Crippen LogP contribution in [0.1, 0.15) is 37.0 Å². The number of carbonyl (C=O) groups excluding carboxylic acids is 1. The molecule has 0 bridgehead atoms. The third kappa shape index (κ3) is 6.20. The number of amides is 1. The molecule has 0 aliphatic rings. The van der Waals surface area contributed by atoms with E-state index in [0.29, 0.717) is 23.6 Å². The van der Waals surface area contributed by atoms with Crippen molar-refractivity contribution in [2.45, 2.75) is 32.2 Å². The van der Waals surface area contributed by atoms with Gasteiger partial charge in [-0.2, -0.15) is 0 Å². The van der Waals surface area contributed by atoms with Crippen LogP contribution in [-0.4, -0.2) is 23.0 Å². The minimum absolute atomic E-state index is 0. The molecule has 1 heterocycles. The topological polar surface area (TPSA) is 77.2 Å². The maximum atomic E-state index is 12.5. The lowest BCUT2D eigenvalue weighted by Gasteiger charge is -2.31. The molecule has 2 rings (SSSR count). The SMILES string of the molecule is CCC(CC)(CN)NC(=O)c1cccc(Oc2ccncc2)c1.Cl.Cl. The van der Waals surface area contributed by atoms with Crippen LogP contribution in [0.15, 0.2) is 48.8 Å². The summed E-state index contributed by atoms with van der Waals surface area (Å²) in [6, 6.07) is 10.6. The van der Waals surface area contributed by atoms with Crippen LogP contribution in [0.2, 0.25) is 0 Å². The summed E-state index contributed by atoms with van der Waals surface area (Å²) in [4.78, 5) is 16.5. The van der Waals surface area contributed by atoms with E-state index in [9.17, 15) is 4.79 Å². The number of benzene rings is 1. The Morgan fingerprint density at radius 2 is 1.76 bits per heavy atom. The van der Waals surface area contributed by atoms with Crippen molar-refractivity contribution in [1.82, 2.24) is 10.3 Å². The maximum absolute atomic E-state index is 12.5. The summed E-state index contributed by atoms with van der Waals surface area (Å²) >= 11 is 0. The van der Waals surface area contributed by atoms with Gasteiger partial charge in [-0.1, -0.05) is 19.9 Å². The van der Waals surface area contributed by atoms with Gasteiger partial charge in [-0.25, -0.2) is 0 Å². The Kier molecular flexibility index (Phi) is 10.1. The predicted octanol–water partition coefficient (Wildman–Crippen LogP) is 3.96. The molecule has 2 aromatic rings. The Bertz CT molecular complexity index is 642. The van der Waals surface area contributed by atoms with Crippen LogP contribution in [0, 0.1) is 0 Å². The standard InChI is InChI=1S/C18H23N3O2.2ClH/c1-3-18(4-2,13-19)21-17(22)14-6-5-7-16(12-14)23-15-8-10-20-11-9-15;;/h5-12H,3-4,13,19H2,1-2H3,(H,21,22);2*1H. The van der Waals surface area contributed by atoms with Gasteiger partial charge in [0.15, 0.2) is 0 Å². The van der Waals surface area contributed by atoms with Crippen molar-refractivity contribution in [3.8, 4) is 11.5 Å². The molecule has 0 radical (unpaired) electrons. The van der Waals surface area contributed by atoms with Gasteiger partial charge in [-0.15, -0.1) is 24.8 Å². The molecule has 0 saturated heterocycles. The zero-order chi connectivity index (χ0) is 16.7. The lowest BCUT2D eigenvalue weighted by molar-refractivity contribution is 0.0895. The van der Waals surface area contributed by atoms with Crippen molar-refractivity contribution in [3.05, 3.63) is 54.4 Å². The Morgan fingerprint density at radius 1 is 1.12 bits per heavy atom. The second-order valence-corrected chi connectivity index (χ2v) is 5.46. The first-order valence-corrected chi connectivity index (χ1v) is 7.83. The van der Waals surface area contributed by atoms with E-state index in [2.05, 4.69) is 10.3 Å². The van der Waals surface area contributed by atoms with Crippen LogP contribution < -0.4 is 15.8 Å². The van der Waals surface area contributed by atoms with E-state index < -0.39 is 0 Å². The smallest absolute Gasteiger partial charge is 0.251 e. The molecule has 5 nitrogen and oxygen atoms in total. The zero-order valence-corrected chi connectivity index (χ0v) is 16.0. The first-order chi connectivity index (χ1) is 11.1. The molecule has 0 saturated carbocycles. The molecule has 25 heavy (non-hydrogen) atoms. The molecule has 1 aromatic carbocycles. The quantitative estimate of drug-likeness (QED) is 0.755. The summed E-state index contributed by atoms with van der Waals surface area (Å²) in [7, 11) is 0. The first kappa shape index (κ1) is 23.2. The van der Waals surface area contributed by atoms with Gasteiger partial charge in [0.1, 0.15) is 11.5 Å². The van der Waals surface area contributed by atoms with Crippen LogP contribution in [0.4, 0.5) is 0 Å². The van der Waals surface area contributed by atoms with Gasteiger partial charge in [0.2, 0.25) is 0 Å². The van der Waals surface area contributed by atoms with E-state index >= 15 is 0 Å². The van der Waals surface area contributed by atoms with Gasteiger partial charge in [0, 0.05) is 24.5 Å². The number of carbonyl (C=O) groups is 1. The Balaban J connectivity index is 0.00000288. The monoisotopic (exact) mass is 385 g/mol. The average molecular weight is 386 g/mol. The zero-order valence-electron chi connectivity index (χ0n) is 14.4. The van der Waals surface area contributed by atoms with Gasteiger partial charge < -0.3 is 15.8 Å². The first-order valence-electron chi connectivity index (χ1n) is 7.83. The van der Waals surface area contributed by atoms with Crippen molar-refractivity contribution >= 4 is 30.7 Å². The number of ether oxygens (including phenoxy) is 1. The Hall–Kier alpha value is -1.82. The summed E-state index contributed by atoms with van der Waals surface area (Å²) in [6.07, 6.45) is 4.89. The highest BCUT2D eigenvalue weighted by atomic mass is 35.5. The molecular formula is C18H25Cl2N3O2. The number of nitrogens with one attached hydrogen (secondary N) is 1. The number of hydrogen-bond acceptors (Lipinski definition) is 4.